The molecule has 1 aliphatic rings. The summed E-state index contributed by atoms with van der Waals surface area (Å²) in [5.74, 6) is 0.728. The van der Waals surface area contributed by atoms with Crippen LogP contribution in [0.3, 0.4) is 0 Å². The van der Waals surface area contributed by atoms with Gasteiger partial charge in [0.1, 0.15) is 5.75 Å². The lowest BCUT2D eigenvalue weighted by Gasteiger charge is -2.21. The monoisotopic (exact) mass is 321 g/mol. The molecular formula is C19H19N3O2. The molecule has 0 saturated heterocycles. The van der Waals surface area contributed by atoms with Crippen molar-refractivity contribution in [1.82, 2.24) is 0 Å². The van der Waals surface area contributed by atoms with Gasteiger partial charge in [-0.25, -0.2) is 0 Å². The molecule has 0 fully saturated rings. The highest BCUT2D eigenvalue weighted by molar-refractivity contribution is 5.97. The lowest BCUT2D eigenvalue weighted by Crippen LogP contribution is -2.12. The summed E-state index contributed by atoms with van der Waals surface area (Å²) in [7, 11) is 0. The number of ketones is 1. The second kappa shape index (κ2) is 7.66. The molecule has 2 aromatic carbocycles. The molecule has 24 heavy (non-hydrogen) atoms. The summed E-state index contributed by atoms with van der Waals surface area (Å²) < 4.78 is 5.93. The summed E-state index contributed by atoms with van der Waals surface area (Å²) in [6, 6.07) is 15.4. The Morgan fingerprint density at radius 2 is 1.83 bits per heavy atom. The zero-order valence-electron chi connectivity index (χ0n) is 13.4. The highest BCUT2D eigenvalue weighted by Gasteiger charge is 2.23. The molecule has 0 unspecified atom stereocenters. The Hall–Kier alpha value is -2.78. The minimum atomic E-state index is -0.199. The SMILES string of the molecule is [N-]=[N+]=NC[C@@H]1c2ccccc2OCCCCC(=O)c2ccccc21. The van der Waals surface area contributed by atoms with E-state index in [0.717, 1.165) is 29.7 Å². The molecule has 3 rings (SSSR count). The summed E-state index contributed by atoms with van der Waals surface area (Å²) in [4.78, 5) is 15.5. The molecule has 0 aromatic heterocycles. The first-order chi connectivity index (χ1) is 11.8. The van der Waals surface area contributed by atoms with Crippen molar-refractivity contribution in [3.63, 3.8) is 0 Å². The summed E-state index contributed by atoms with van der Waals surface area (Å²) in [5, 5.41) is 3.78. The van der Waals surface area contributed by atoms with E-state index in [-0.39, 0.29) is 18.2 Å². The number of para-hydroxylation sites is 1. The van der Waals surface area contributed by atoms with E-state index in [0.29, 0.717) is 18.6 Å². The van der Waals surface area contributed by atoms with Gasteiger partial charge in [0, 0.05) is 34.9 Å². The van der Waals surface area contributed by atoms with Crippen LogP contribution in [0.15, 0.2) is 53.6 Å². The topological polar surface area (TPSA) is 75.1 Å². The molecule has 2 aromatic rings. The molecular weight excluding hydrogens is 302 g/mol. The number of hydrogen-bond acceptors (Lipinski definition) is 3. The molecule has 0 saturated carbocycles. The minimum absolute atomic E-state index is 0.135. The third-order valence-electron chi connectivity index (χ3n) is 4.31. The van der Waals surface area contributed by atoms with E-state index in [2.05, 4.69) is 10.0 Å². The lowest BCUT2D eigenvalue weighted by molar-refractivity contribution is 0.0977. The molecule has 0 bridgehead atoms. The van der Waals surface area contributed by atoms with Gasteiger partial charge in [-0.15, -0.1) is 0 Å². The lowest BCUT2D eigenvalue weighted by atomic mass is 9.86. The molecule has 5 heteroatoms. The molecule has 0 radical (unpaired) electrons. The van der Waals surface area contributed by atoms with E-state index in [1.807, 2.05) is 48.5 Å². The number of carbonyl (C=O) groups is 1. The van der Waals surface area contributed by atoms with Crippen molar-refractivity contribution < 1.29 is 9.53 Å². The van der Waals surface area contributed by atoms with E-state index < -0.39 is 0 Å². The van der Waals surface area contributed by atoms with E-state index in [1.54, 1.807) is 0 Å². The predicted octanol–water partition coefficient (Wildman–Crippen LogP) is 4.87. The second-order valence-electron chi connectivity index (χ2n) is 5.82. The van der Waals surface area contributed by atoms with Gasteiger partial charge < -0.3 is 4.74 Å². The number of benzene rings is 2. The number of ether oxygens (including phenoxy) is 1. The van der Waals surface area contributed by atoms with Gasteiger partial charge in [-0.3, -0.25) is 4.79 Å². The number of azide groups is 1. The Labute approximate surface area is 140 Å². The molecule has 0 aliphatic carbocycles. The van der Waals surface area contributed by atoms with Crippen LogP contribution < -0.4 is 4.74 Å². The Kier molecular flexibility index (Phi) is 5.14. The molecule has 1 atom stereocenters. The number of rotatable bonds is 2. The van der Waals surface area contributed by atoms with E-state index in [9.17, 15) is 4.79 Å². The number of hydrogen-bond donors (Lipinski definition) is 0. The summed E-state index contributed by atoms with van der Waals surface area (Å²) in [6.45, 7) is 0.829. The van der Waals surface area contributed by atoms with Gasteiger partial charge in [0.25, 0.3) is 0 Å². The van der Waals surface area contributed by atoms with Gasteiger partial charge in [-0.1, -0.05) is 47.6 Å². The minimum Gasteiger partial charge on any atom is -0.493 e. The third-order valence-corrected chi connectivity index (χ3v) is 4.31. The van der Waals surface area contributed by atoms with Crippen LogP contribution in [-0.4, -0.2) is 18.9 Å². The fourth-order valence-electron chi connectivity index (χ4n) is 3.14. The van der Waals surface area contributed by atoms with Gasteiger partial charge in [-0.2, -0.15) is 0 Å². The predicted molar refractivity (Wildman–Crippen MR) is 92.4 cm³/mol. The summed E-state index contributed by atoms with van der Waals surface area (Å²) in [5.41, 5.74) is 11.3. The Balaban J connectivity index is 2.17. The quantitative estimate of drug-likeness (QED) is 0.449. The largest absolute Gasteiger partial charge is 0.493 e. The van der Waals surface area contributed by atoms with Crippen molar-refractivity contribution >= 4 is 5.78 Å². The van der Waals surface area contributed by atoms with Crippen molar-refractivity contribution in [2.24, 2.45) is 5.11 Å². The first kappa shape index (κ1) is 16.1. The molecule has 0 amide bonds. The number of fused-ring (bicyclic) bond motifs is 2. The maximum atomic E-state index is 12.6. The van der Waals surface area contributed by atoms with Crippen LogP contribution in [0.5, 0.6) is 5.75 Å². The summed E-state index contributed by atoms with van der Waals surface area (Å²) >= 11 is 0. The molecule has 1 aliphatic heterocycles. The van der Waals surface area contributed by atoms with Crippen LogP contribution >= 0.6 is 0 Å². The van der Waals surface area contributed by atoms with Crippen molar-refractivity contribution in [2.75, 3.05) is 13.2 Å². The van der Waals surface area contributed by atoms with Crippen molar-refractivity contribution in [2.45, 2.75) is 25.2 Å². The van der Waals surface area contributed by atoms with E-state index >= 15 is 0 Å². The van der Waals surface area contributed by atoms with Crippen LogP contribution in [0, 0.1) is 0 Å². The average molecular weight is 321 g/mol. The fraction of sp³-hybridized carbons (Fsp3) is 0.316. The van der Waals surface area contributed by atoms with Crippen molar-refractivity contribution in [1.29, 1.82) is 0 Å². The number of nitrogens with zero attached hydrogens (tertiary/aromatic N) is 3. The zero-order valence-corrected chi connectivity index (χ0v) is 13.4. The van der Waals surface area contributed by atoms with Crippen LogP contribution in [0.4, 0.5) is 0 Å². The van der Waals surface area contributed by atoms with Gasteiger partial charge in [-0.05, 0) is 30.0 Å². The molecule has 0 spiro atoms. The Morgan fingerprint density at radius 3 is 2.67 bits per heavy atom. The Bertz CT molecular complexity index is 782. The maximum Gasteiger partial charge on any atom is 0.163 e. The zero-order chi connectivity index (χ0) is 16.8. The molecule has 5 nitrogen and oxygen atoms in total. The van der Waals surface area contributed by atoms with Crippen molar-refractivity contribution in [3.05, 3.63) is 75.7 Å². The van der Waals surface area contributed by atoms with Crippen LogP contribution in [0.1, 0.15) is 46.7 Å². The maximum absolute atomic E-state index is 12.6. The van der Waals surface area contributed by atoms with Crippen molar-refractivity contribution in [3.8, 4) is 5.75 Å². The number of carbonyl (C=O) groups excluding carboxylic acids is 1. The van der Waals surface area contributed by atoms with Gasteiger partial charge in [0.15, 0.2) is 5.78 Å². The molecule has 0 N–H and O–H groups in total. The third kappa shape index (κ3) is 3.42. The van der Waals surface area contributed by atoms with Crippen LogP contribution in [0.25, 0.3) is 10.4 Å². The highest BCUT2D eigenvalue weighted by atomic mass is 16.5. The Morgan fingerprint density at radius 1 is 1.08 bits per heavy atom. The summed E-state index contributed by atoms with van der Waals surface area (Å²) in [6.07, 6.45) is 2.14. The van der Waals surface area contributed by atoms with Gasteiger partial charge in [0.05, 0.1) is 6.61 Å². The fourth-order valence-corrected chi connectivity index (χ4v) is 3.14. The highest BCUT2D eigenvalue weighted by Crippen LogP contribution is 2.35. The first-order valence-electron chi connectivity index (χ1n) is 8.16. The first-order valence-corrected chi connectivity index (χ1v) is 8.16. The molecule has 1 heterocycles. The number of Topliss-reactive ketones (excluding diaryl/α,β-unsaturated/α-hetero) is 1. The van der Waals surface area contributed by atoms with Gasteiger partial charge in [0.2, 0.25) is 0 Å². The van der Waals surface area contributed by atoms with Crippen LogP contribution in [-0.2, 0) is 0 Å². The normalized spacial score (nSPS) is 17.5. The van der Waals surface area contributed by atoms with E-state index in [4.69, 9.17) is 10.3 Å². The average Bonchev–Trinajstić information content (AvgIpc) is 2.64. The second-order valence-corrected chi connectivity index (χ2v) is 5.82. The van der Waals surface area contributed by atoms with Crippen LogP contribution in [0.2, 0.25) is 0 Å². The van der Waals surface area contributed by atoms with Gasteiger partial charge >= 0.3 is 0 Å². The molecule has 122 valence electrons. The smallest absolute Gasteiger partial charge is 0.163 e. The van der Waals surface area contributed by atoms with E-state index in [1.165, 1.54) is 0 Å². The standard InChI is InChI=1S/C19H19N3O2/c20-22-21-13-17-14-7-1-2-8-15(14)18(23)10-5-6-12-24-19-11-4-3-9-16(17)19/h1-4,7-9,11,17H,5-6,10,12-13H2/t17-/m0/s1.